The van der Waals surface area contributed by atoms with Gasteiger partial charge in [-0.05, 0) is 37.2 Å². The second kappa shape index (κ2) is 5.17. The number of nitrogens with zero attached hydrogens (tertiary/aromatic N) is 2. The molecule has 0 spiro atoms. The molecule has 0 unspecified atom stereocenters. The number of piperazine rings is 1. The third-order valence-electron chi connectivity index (χ3n) is 3.10. The minimum Gasteiger partial charge on any atom is -0.304 e. The third kappa shape index (κ3) is 3.21. The van der Waals surface area contributed by atoms with Crippen LogP contribution in [0.1, 0.15) is 11.1 Å². The van der Waals surface area contributed by atoms with Crippen molar-refractivity contribution >= 4 is 11.6 Å². The monoisotopic (exact) mass is 238 g/mol. The molecule has 2 nitrogen and oxygen atoms in total. The van der Waals surface area contributed by atoms with Gasteiger partial charge in [0.25, 0.3) is 0 Å². The molecule has 0 bridgehead atoms. The molecule has 0 amide bonds. The Hall–Kier alpha value is -0.570. The summed E-state index contributed by atoms with van der Waals surface area (Å²) in [5, 5.41) is 0.851. The van der Waals surface area contributed by atoms with Crippen LogP contribution < -0.4 is 0 Å². The Morgan fingerprint density at radius 2 is 1.81 bits per heavy atom. The van der Waals surface area contributed by atoms with Crippen molar-refractivity contribution in [3.63, 3.8) is 0 Å². The fourth-order valence-electron chi connectivity index (χ4n) is 2.17. The van der Waals surface area contributed by atoms with E-state index >= 15 is 0 Å². The number of halogens is 1. The summed E-state index contributed by atoms with van der Waals surface area (Å²) in [6.07, 6.45) is 0. The molecule has 2 rings (SSSR count). The van der Waals surface area contributed by atoms with E-state index < -0.39 is 0 Å². The molecule has 1 fully saturated rings. The third-order valence-corrected chi connectivity index (χ3v) is 3.32. The van der Waals surface area contributed by atoms with E-state index in [-0.39, 0.29) is 0 Å². The highest BCUT2D eigenvalue weighted by Gasteiger charge is 2.13. The van der Waals surface area contributed by atoms with Gasteiger partial charge >= 0.3 is 0 Å². The summed E-state index contributed by atoms with van der Waals surface area (Å²) in [6.45, 7) is 7.76. The second-order valence-corrected chi connectivity index (χ2v) is 5.15. The molecule has 16 heavy (non-hydrogen) atoms. The van der Waals surface area contributed by atoms with E-state index in [1.807, 2.05) is 6.07 Å². The minimum atomic E-state index is 0.851. The molecule has 3 heteroatoms. The summed E-state index contributed by atoms with van der Waals surface area (Å²) in [4.78, 5) is 4.87. The minimum absolute atomic E-state index is 0.851. The van der Waals surface area contributed by atoms with Crippen LogP contribution >= 0.6 is 11.6 Å². The molecule has 0 aromatic heterocycles. The second-order valence-electron chi connectivity index (χ2n) is 4.72. The SMILES string of the molecule is Cc1cc(Cl)cc(CN2CCN(C)CC2)c1. The van der Waals surface area contributed by atoms with Crippen LogP contribution in [0.15, 0.2) is 18.2 Å². The zero-order valence-corrected chi connectivity index (χ0v) is 10.8. The quantitative estimate of drug-likeness (QED) is 0.781. The molecule has 1 aromatic carbocycles. The van der Waals surface area contributed by atoms with Crippen LogP contribution in [0.2, 0.25) is 5.02 Å². The van der Waals surface area contributed by atoms with Gasteiger partial charge in [-0.2, -0.15) is 0 Å². The van der Waals surface area contributed by atoms with Crippen molar-refractivity contribution < 1.29 is 0 Å². The van der Waals surface area contributed by atoms with E-state index in [1.165, 1.54) is 24.2 Å². The Morgan fingerprint density at radius 3 is 2.44 bits per heavy atom. The van der Waals surface area contributed by atoms with Crippen LogP contribution in [0.25, 0.3) is 0 Å². The summed E-state index contributed by atoms with van der Waals surface area (Å²) >= 11 is 6.06. The van der Waals surface area contributed by atoms with Gasteiger partial charge in [0, 0.05) is 37.7 Å². The zero-order chi connectivity index (χ0) is 11.5. The predicted molar refractivity (Wildman–Crippen MR) is 69.0 cm³/mol. The maximum Gasteiger partial charge on any atom is 0.0411 e. The predicted octanol–water partition coefficient (Wildman–Crippen LogP) is 2.40. The first-order valence-corrected chi connectivity index (χ1v) is 6.18. The molecule has 0 radical (unpaired) electrons. The van der Waals surface area contributed by atoms with Gasteiger partial charge in [-0.1, -0.05) is 17.7 Å². The maximum absolute atomic E-state index is 6.06. The Kier molecular flexibility index (Phi) is 3.85. The van der Waals surface area contributed by atoms with Crippen molar-refractivity contribution in [1.82, 2.24) is 9.80 Å². The Labute approximate surface area is 103 Å². The molecule has 1 aromatic rings. The van der Waals surface area contributed by atoms with Gasteiger partial charge in [-0.15, -0.1) is 0 Å². The first kappa shape index (κ1) is 11.9. The molecule has 0 atom stereocenters. The van der Waals surface area contributed by atoms with Crippen LogP contribution in [0.5, 0.6) is 0 Å². The number of hydrogen-bond donors (Lipinski definition) is 0. The molecular weight excluding hydrogens is 220 g/mol. The van der Waals surface area contributed by atoms with Gasteiger partial charge in [0.2, 0.25) is 0 Å². The van der Waals surface area contributed by atoms with E-state index in [1.54, 1.807) is 0 Å². The molecule has 1 heterocycles. The van der Waals surface area contributed by atoms with Gasteiger partial charge in [0.1, 0.15) is 0 Å². The van der Waals surface area contributed by atoms with Gasteiger partial charge in [-0.3, -0.25) is 4.90 Å². The molecule has 88 valence electrons. The molecule has 0 N–H and O–H groups in total. The number of aryl methyl sites for hydroxylation is 1. The molecule has 0 saturated carbocycles. The molecule has 1 aliphatic heterocycles. The number of hydrogen-bond acceptors (Lipinski definition) is 2. The van der Waals surface area contributed by atoms with Gasteiger partial charge in [0.05, 0.1) is 0 Å². The van der Waals surface area contributed by atoms with Crippen LogP contribution in [0, 0.1) is 6.92 Å². The lowest BCUT2D eigenvalue weighted by molar-refractivity contribution is 0.148. The van der Waals surface area contributed by atoms with Crippen molar-refractivity contribution in [3.8, 4) is 0 Å². The van der Waals surface area contributed by atoms with Crippen molar-refractivity contribution in [2.75, 3.05) is 33.2 Å². The van der Waals surface area contributed by atoms with E-state index in [0.717, 1.165) is 24.7 Å². The molecule has 1 saturated heterocycles. The van der Waals surface area contributed by atoms with Gasteiger partial charge < -0.3 is 4.90 Å². The van der Waals surface area contributed by atoms with Crippen LogP contribution in [-0.4, -0.2) is 43.0 Å². The van der Waals surface area contributed by atoms with Crippen LogP contribution in [-0.2, 0) is 6.54 Å². The fourth-order valence-corrected chi connectivity index (χ4v) is 2.48. The lowest BCUT2D eigenvalue weighted by atomic mass is 10.1. The number of likely N-dealkylation sites (N-methyl/N-ethyl adjacent to an activating group) is 1. The smallest absolute Gasteiger partial charge is 0.0411 e. The van der Waals surface area contributed by atoms with Gasteiger partial charge in [-0.25, -0.2) is 0 Å². The Morgan fingerprint density at radius 1 is 1.12 bits per heavy atom. The zero-order valence-electron chi connectivity index (χ0n) is 10.0. The van der Waals surface area contributed by atoms with Crippen LogP contribution in [0.4, 0.5) is 0 Å². The number of benzene rings is 1. The highest BCUT2D eigenvalue weighted by Crippen LogP contribution is 2.16. The van der Waals surface area contributed by atoms with Gasteiger partial charge in [0.15, 0.2) is 0 Å². The highest BCUT2D eigenvalue weighted by molar-refractivity contribution is 6.30. The highest BCUT2D eigenvalue weighted by atomic mass is 35.5. The average Bonchev–Trinajstić information content (AvgIpc) is 2.20. The summed E-state index contributed by atoms with van der Waals surface area (Å²) in [5.41, 5.74) is 2.58. The lowest BCUT2D eigenvalue weighted by Crippen LogP contribution is -2.43. The normalized spacial score (nSPS) is 18.9. The van der Waals surface area contributed by atoms with Crippen molar-refractivity contribution in [1.29, 1.82) is 0 Å². The Bertz CT molecular complexity index is 337. The summed E-state index contributed by atoms with van der Waals surface area (Å²) in [7, 11) is 2.18. The summed E-state index contributed by atoms with van der Waals surface area (Å²) in [6, 6.07) is 6.31. The van der Waals surface area contributed by atoms with E-state index in [0.29, 0.717) is 0 Å². The molecule has 0 aliphatic carbocycles. The van der Waals surface area contributed by atoms with E-state index in [2.05, 4.69) is 35.9 Å². The first-order valence-electron chi connectivity index (χ1n) is 5.80. The van der Waals surface area contributed by atoms with Crippen molar-refractivity contribution in [2.45, 2.75) is 13.5 Å². The fraction of sp³-hybridized carbons (Fsp3) is 0.538. The van der Waals surface area contributed by atoms with E-state index in [4.69, 9.17) is 11.6 Å². The van der Waals surface area contributed by atoms with Crippen molar-refractivity contribution in [2.24, 2.45) is 0 Å². The van der Waals surface area contributed by atoms with Crippen LogP contribution in [0.3, 0.4) is 0 Å². The van der Waals surface area contributed by atoms with Crippen molar-refractivity contribution in [3.05, 3.63) is 34.3 Å². The molecular formula is C13H19ClN2. The number of rotatable bonds is 2. The summed E-state index contributed by atoms with van der Waals surface area (Å²) in [5.74, 6) is 0. The van der Waals surface area contributed by atoms with E-state index in [9.17, 15) is 0 Å². The lowest BCUT2D eigenvalue weighted by Gasteiger charge is -2.32. The average molecular weight is 239 g/mol. The maximum atomic E-state index is 6.06. The first-order chi connectivity index (χ1) is 7.63. The Balaban J connectivity index is 1.98. The molecule has 1 aliphatic rings. The topological polar surface area (TPSA) is 6.48 Å². The largest absolute Gasteiger partial charge is 0.304 e. The standard InChI is InChI=1S/C13H19ClN2/c1-11-7-12(9-13(14)8-11)10-16-5-3-15(2)4-6-16/h7-9H,3-6,10H2,1-2H3. The summed E-state index contributed by atoms with van der Waals surface area (Å²) < 4.78 is 0.